The van der Waals surface area contributed by atoms with Crippen LogP contribution in [0.1, 0.15) is 46.0 Å². The highest BCUT2D eigenvalue weighted by Crippen LogP contribution is 2.36. The molecule has 2 aliphatic rings. The maximum absolute atomic E-state index is 11.9. The molecule has 1 atom stereocenters. The Kier molecular flexibility index (Phi) is 4.96. The summed E-state index contributed by atoms with van der Waals surface area (Å²) < 4.78 is 0. The number of nitrogens with one attached hydrogen (secondary N) is 2. The van der Waals surface area contributed by atoms with Crippen molar-refractivity contribution in [2.24, 2.45) is 5.41 Å². The van der Waals surface area contributed by atoms with Crippen LogP contribution in [0.15, 0.2) is 0 Å². The number of carbonyl (C=O) groups is 1. The summed E-state index contributed by atoms with van der Waals surface area (Å²) >= 11 is 1.84. The number of piperidine rings is 1. The summed E-state index contributed by atoms with van der Waals surface area (Å²) in [6.07, 6.45) is 5.93. The number of thioether (sulfide) groups is 1. The zero-order valence-electron chi connectivity index (χ0n) is 11.6. The third-order valence-corrected chi connectivity index (χ3v) is 5.44. The quantitative estimate of drug-likeness (QED) is 0.822. The largest absolute Gasteiger partial charge is 0.353 e. The molecule has 1 heterocycles. The maximum atomic E-state index is 11.9. The van der Waals surface area contributed by atoms with Crippen molar-refractivity contribution < 1.29 is 4.79 Å². The third kappa shape index (κ3) is 4.47. The van der Waals surface area contributed by atoms with E-state index in [1.807, 2.05) is 11.8 Å². The smallest absolute Gasteiger partial charge is 0.230 e. The molecular formula is C14H26N2OS. The lowest BCUT2D eigenvalue weighted by Crippen LogP contribution is -2.36. The Morgan fingerprint density at radius 2 is 2.06 bits per heavy atom. The molecule has 0 bridgehead atoms. The van der Waals surface area contributed by atoms with Crippen molar-refractivity contribution in [1.82, 2.24) is 10.6 Å². The summed E-state index contributed by atoms with van der Waals surface area (Å²) in [5, 5.41) is 7.23. The van der Waals surface area contributed by atoms with Crippen LogP contribution in [0, 0.1) is 5.41 Å². The average molecular weight is 270 g/mol. The van der Waals surface area contributed by atoms with Gasteiger partial charge >= 0.3 is 0 Å². The SMILES string of the molecule is CC1(C)CCC(NC(=O)CSC2CCNCC2)C1. The Hall–Kier alpha value is -0.220. The van der Waals surface area contributed by atoms with Gasteiger partial charge in [0, 0.05) is 11.3 Å². The van der Waals surface area contributed by atoms with Gasteiger partial charge in [0.15, 0.2) is 0 Å². The molecule has 1 amide bonds. The number of hydrogen-bond acceptors (Lipinski definition) is 3. The fourth-order valence-corrected chi connectivity index (χ4v) is 4.02. The summed E-state index contributed by atoms with van der Waals surface area (Å²) in [4.78, 5) is 11.9. The monoisotopic (exact) mass is 270 g/mol. The van der Waals surface area contributed by atoms with E-state index in [1.54, 1.807) is 0 Å². The van der Waals surface area contributed by atoms with E-state index in [1.165, 1.54) is 19.3 Å². The first-order valence-electron chi connectivity index (χ1n) is 7.17. The minimum atomic E-state index is 0.237. The molecule has 18 heavy (non-hydrogen) atoms. The molecule has 1 aliphatic carbocycles. The van der Waals surface area contributed by atoms with Crippen LogP contribution in [0.3, 0.4) is 0 Å². The van der Waals surface area contributed by atoms with Gasteiger partial charge in [-0.05, 0) is 50.6 Å². The van der Waals surface area contributed by atoms with Crippen LogP contribution in [-0.2, 0) is 4.79 Å². The summed E-state index contributed by atoms with van der Waals surface area (Å²) in [5.41, 5.74) is 0.417. The van der Waals surface area contributed by atoms with Gasteiger partial charge in [0.25, 0.3) is 0 Å². The van der Waals surface area contributed by atoms with Gasteiger partial charge in [0.1, 0.15) is 0 Å². The Bertz CT molecular complexity index is 288. The van der Waals surface area contributed by atoms with Crippen molar-refractivity contribution in [2.45, 2.75) is 57.2 Å². The van der Waals surface area contributed by atoms with Crippen molar-refractivity contribution in [3.8, 4) is 0 Å². The number of hydrogen-bond donors (Lipinski definition) is 2. The lowest BCUT2D eigenvalue weighted by Gasteiger charge is -2.22. The zero-order valence-corrected chi connectivity index (χ0v) is 12.4. The highest BCUT2D eigenvalue weighted by atomic mass is 32.2. The summed E-state index contributed by atoms with van der Waals surface area (Å²) in [6.45, 7) is 6.80. The normalized spacial score (nSPS) is 28.2. The molecule has 0 aromatic rings. The fourth-order valence-electron chi connectivity index (χ4n) is 2.98. The van der Waals surface area contributed by atoms with Crippen molar-refractivity contribution in [3.05, 3.63) is 0 Å². The van der Waals surface area contributed by atoms with Crippen molar-refractivity contribution in [1.29, 1.82) is 0 Å². The molecule has 2 N–H and O–H groups in total. The minimum absolute atomic E-state index is 0.237. The Morgan fingerprint density at radius 1 is 1.33 bits per heavy atom. The van der Waals surface area contributed by atoms with Crippen LogP contribution in [0.4, 0.5) is 0 Å². The van der Waals surface area contributed by atoms with E-state index in [9.17, 15) is 4.79 Å². The highest BCUT2D eigenvalue weighted by molar-refractivity contribution is 8.00. The second kappa shape index (κ2) is 6.29. The van der Waals surface area contributed by atoms with E-state index >= 15 is 0 Å². The standard InChI is InChI=1S/C14H26N2OS/c1-14(2)6-3-11(9-14)16-13(17)10-18-12-4-7-15-8-5-12/h11-12,15H,3-10H2,1-2H3,(H,16,17). The second-order valence-electron chi connectivity index (χ2n) is 6.43. The van der Waals surface area contributed by atoms with E-state index in [4.69, 9.17) is 0 Å². The van der Waals surface area contributed by atoms with E-state index in [0.717, 1.165) is 25.9 Å². The molecule has 0 aromatic heterocycles. The Balaban J connectivity index is 1.63. The van der Waals surface area contributed by atoms with Crippen LogP contribution in [-0.4, -0.2) is 36.0 Å². The predicted molar refractivity (Wildman–Crippen MR) is 77.9 cm³/mol. The van der Waals surface area contributed by atoms with Crippen LogP contribution in [0.5, 0.6) is 0 Å². The van der Waals surface area contributed by atoms with Gasteiger partial charge < -0.3 is 10.6 Å². The fraction of sp³-hybridized carbons (Fsp3) is 0.929. The number of carbonyl (C=O) groups excluding carboxylic acids is 1. The summed E-state index contributed by atoms with van der Waals surface area (Å²) in [7, 11) is 0. The lowest BCUT2D eigenvalue weighted by atomic mass is 9.92. The molecule has 2 rings (SSSR count). The lowest BCUT2D eigenvalue weighted by molar-refractivity contribution is -0.119. The van der Waals surface area contributed by atoms with E-state index in [2.05, 4.69) is 24.5 Å². The van der Waals surface area contributed by atoms with Gasteiger partial charge in [0.2, 0.25) is 5.91 Å². The van der Waals surface area contributed by atoms with Crippen molar-refractivity contribution >= 4 is 17.7 Å². The Morgan fingerprint density at radius 3 is 2.67 bits per heavy atom. The van der Waals surface area contributed by atoms with Gasteiger partial charge in [-0.1, -0.05) is 13.8 Å². The number of amides is 1. The molecule has 1 aliphatic heterocycles. The molecule has 1 unspecified atom stereocenters. The molecule has 1 saturated carbocycles. The molecule has 4 heteroatoms. The van der Waals surface area contributed by atoms with Gasteiger partial charge in [-0.3, -0.25) is 4.79 Å². The van der Waals surface area contributed by atoms with E-state index < -0.39 is 0 Å². The summed E-state index contributed by atoms with van der Waals surface area (Å²) in [5.74, 6) is 0.878. The van der Waals surface area contributed by atoms with Crippen molar-refractivity contribution in [2.75, 3.05) is 18.8 Å². The van der Waals surface area contributed by atoms with E-state index in [-0.39, 0.29) is 5.91 Å². The number of rotatable bonds is 4. The van der Waals surface area contributed by atoms with Gasteiger partial charge in [-0.2, -0.15) is 0 Å². The molecule has 2 fully saturated rings. The second-order valence-corrected chi connectivity index (χ2v) is 7.72. The van der Waals surface area contributed by atoms with Crippen LogP contribution >= 0.6 is 11.8 Å². The third-order valence-electron chi connectivity index (χ3n) is 4.07. The van der Waals surface area contributed by atoms with Crippen molar-refractivity contribution in [3.63, 3.8) is 0 Å². The minimum Gasteiger partial charge on any atom is -0.353 e. The van der Waals surface area contributed by atoms with Crippen LogP contribution in [0.25, 0.3) is 0 Å². The first kappa shape index (κ1) is 14.2. The Labute approximate surface area is 115 Å². The molecule has 0 spiro atoms. The molecule has 0 radical (unpaired) electrons. The first-order valence-corrected chi connectivity index (χ1v) is 8.22. The maximum Gasteiger partial charge on any atom is 0.230 e. The first-order chi connectivity index (χ1) is 8.55. The summed E-state index contributed by atoms with van der Waals surface area (Å²) in [6, 6.07) is 0.418. The average Bonchev–Trinajstić information content (AvgIpc) is 2.67. The molecule has 1 saturated heterocycles. The zero-order chi connectivity index (χ0) is 13.0. The topological polar surface area (TPSA) is 41.1 Å². The molecule has 3 nitrogen and oxygen atoms in total. The highest BCUT2D eigenvalue weighted by Gasteiger charge is 2.31. The molecule has 104 valence electrons. The van der Waals surface area contributed by atoms with Gasteiger partial charge in [-0.15, -0.1) is 11.8 Å². The van der Waals surface area contributed by atoms with Gasteiger partial charge in [-0.25, -0.2) is 0 Å². The predicted octanol–water partition coefficient (Wildman–Crippen LogP) is 2.17. The molecule has 0 aromatic carbocycles. The molecular weight excluding hydrogens is 244 g/mol. The van der Waals surface area contributed by atoms with Gasteiger partial charge in [0.05, 0.1) is 5.75 Å². The van der Waals surface area contributed by atoms with E-state index in [0.29, 0.717) is 22.5 Å². The van der Waals surface area contributed by atoms with Crippen LogP contribution in [0.2, 0.25) is 0 Å². The van der Waals surface area contributed by atoms with Crippen LogP contribution < -0.4 is 10.6 Å².